The summed E-state index contributed by atoms with van der Waals surface area (Å²) in [6.45, 7) is 2.55. The van der Waals surface area contributed by atoms with E-state index < -0.39 is 9.84 Å². The zero-order valence-electron chi connectivity index (χ0n) is 11.5. The van der Waals surface area contributed by atoms with Gasteiger partial charge in [0.25, 0.3) is 5.91 Å². The SMILES string of the molecule is Cc1ccc(C(=O)N(C)N2CCS(=O)(=O)CC2)cc1Cl. The third kappa shape index (κ3) is 3.31. The Bertz CT molecular complexity index is 617. The van der Waals surface area contributed by atoms with Gasteiger partial charge < -0.3 is 0 Å². The Balaban J connectivity index is 2.11. The molecule has 0 atom stereocenters. The van der Waals surface area contributed by atoms with Gasteiger partial charge in [0.15, 0.2) is 9.84 Å². The maximum atomic E-state index is 12.3. The predicted molar refractivity (Wildman–Crippen MR) is 78.5 cm³/mol. The molecule has 0 radical (unpaired) electrons. The lowest BCUT2D eigenvalue weighted by molar-refractivity contribution is 0.0108. The number of sulfone groups is 1. The van der Waals surface area contributed by atoms with E-state index in [4.69, 9.17) is 11.6 Å². The zero-order valence-corrected chi connectivity index (χ0v) is 13.0. The number of hydrogen-bond acceptors (Lipinski definition) is 4. The van der Waals surface area contributed by atoms with E-state index in [1.165, 1.54) is 5.01 Å². The third-order valence-electron chi connectivity index (χ3n) is 3.46. The molecular formula is C13H17ClN2O3S. The van der Waals surface area contributed by atoms with Crippen LogP contribution in [0.15, 0.2) is 18.2 Å². The lowest BCUT2D eigenvalue weighted by atomic mass is 10.1. The normalized spacial score (nSPS) is 18.8. The van der Waals surface area contributed by atoms with Crippen molar-refractivity contribution in [3.05, 3.63) is 34.3 Å². The highest BCUT2D eigenvalue weighted by molar-refractivity contribution is 7.91. The average molecular weight is 317 g/mol. The summed E-state index contributed by atoms with van der Waals surface area (Å²) < 4.78 is 22.8. The second-order valence-corrected chi connectivity index (χ2v) is 7.61. The van der Waals surface area contributed by atoms with Gasteiger partial charge in [-0.2, -0.15) is 0 Å². The fraction of sp³-hybridized carbons (Fsp3) is 0.462. The molecule has 0 spiro atoms. The van der Waals surface area contributed by atoms with Crippen molar-refractivity contribution in [2.24, 2.45) is 0 Å². The Kier molecular flexibility index (Phi) is 4.36. The highest BCUT2D eigenvalue weighted by atomic mass is 35.5. The van der Waals surface area contributed by atoms with Crippen LogP contribution in [0.3, 0.4) is 0 Å². The quantitative estimate of drug-likeness (QED) is 0.827. The van der Waals surface area contributed by atoms with E-state index in [1.54, 1.807) is 30.3 Å². The van der Waals surface area contributed by atoms with Crippen LogP contribution < -0.4 is 0 Å². The second kappa shape index (κ2) is 5.71. The summed E-state index contributed by atoms with van der Waals surface area (Å²) >= 11 is 6.02. The van der Waals surface area contributed by atoms with Gasteiger partial charge in [-0.3, -0.25) is 9.80 Å². The maximum absolute atomic E-state index is 12.3. The molecule has 0 aliphatic carbocycles. The molecule has 0 bridgehead atoms. The molecule has 2 rings (SSSR count). The molecule has 1 saturated heterocycles. The molecule has 20 heavy (non-hydrogen) atoms. The number of nitrogens with zero attached hydrogens (tertiary/aromatic N) is 2. The number of rotatable bonds is 2. The number of carbonyl (C=O) groups is 1. The van der Waals surface area contributed by atoms with E-state index in [1.807, 2.05) is 6.92 Å². The molecule has 1 amide bonds. The Morgan fingerprint density at radius 2 is 1.90 bits per heavy atom. The van der Waals surface area contributed by atoms with Crippen LogP contribution in [0.4, 0.5) is 0 Å². The van der Waals surface area contributed by atoms with Gasteiger partial charge in [-0.25, -0.2) is 13.4 Å². The van der Waals surface area contributed by atoms with Gasteiger partial charge in [0.05, 0.1) is 11.5 Å². The Morgan fingerprint density at radius 1 is 1.30 bits per heavy atom. The van der Waals surface area contributed by atoms with Gasteiger partial charge in [-0.15, -0.1) is 0 Å². The van der Waals surface area contributed by atoms with E-state index in [0.717, 1.165) is 5.56 Å². The van der Waals surface area contributed by atoms with Crippen LogP contribution in [-0.2, 0) is 9.84 Å². The molecule has 1 aromatic carbocycles. The minimum Gasteiger partial charge on any atom is -0.274 e. The minimum absolute atomic E-state index is 0.0826. The molecule has 1 aliphatic rings. The average Bonchev–Trinajstić information content (AvgIpc) is 2.40. The Hall–Kier alpha value is -1.11. The van der Waals surface area contributed by atoms with Crippen LogP contribution in [0.5, 0.6) is 0 Å². The minimum atomic E-state index is -2.95. The molecule has 110 valence electrons. The highest BCUT2D eigenvalue weighted by Crippen LogP contribution is 2.18. The lowest BCUT2D eigenvalue weighted by Gasteiger charge is -2.34. The monoisotopic (exact) mass is 316 g/mol. The fourth-order valence-corrected chi connectivity index (χ4v) is 3.41. The molecule has 0 N–H and O–H groups in total. The van der Waals surface area contributed by atoms with Gasteiger partial charge in [-0.1, -0.05) is 17.7 Å². The van der Waals surface area contributed by atoms with Crippen LogP contribution in [0.25, 0.3) is 0 Å². The molecule has 1 aromatic rings. The van der Waals surface area contributed by atoms with Crippen LogP contribution in [0, 0.1) is 6.92 Å². The van der Waals surface area contributed by atoms with Crippen molar-refractivity contribution in [1.82, 2.24) is 10.0 Å². The van der Waals surface area contributed by atoms with Crippen molar-refractivity contribution in [3.63, 3.8) is 0 Å². The summed E-state index contributed by atoms with van der Waals surface area (Å²) in [5, 5.41) is 3.76. The van der Waals surface area contributed by atoms with E-state index in [-0.39, 0.29) is 17.4 Å². The summed E-state index contributed by atoms with van der Waals surface area (Å²) in [5.74, 6) is -0.0235. The summed E-state index contributed by atoms with van der Waals surface area (Å²) in [7, 11) is -1.31. The number of aryl methyl sites for hydroxylation is 1. The molecule has 5 nitrogen and oxygen atoms in total. The zero-order chi connectivity index (χ0) is 14.9. The fourth-order valence-electron chi connectivity index (χ4n) is 2.04. The topological polar surface area (TPSA) is 57.7 Å². The van der Waals surface area contributed by atoms with Crippen molar-refractivity contribution in [2.45, 2.75) is 6.92 Å². The standard InChI is InChI=1S/C13H17ClN2O3S/c1-10-3-4-11(9-12(10)14)13(17)15(2)16-5-7-20(18,19)8-6-16/h3-4,9H,5-8H2,1-2H3. The number of hydrazine groups is 1. The second-order valence-electron chi connectivity index (χ2n) is 4.90. The highest BCUT2D eigenvalue weighted by Gasteiger charge is 2.26. The van der Waals surface area contributed by atoms with Crippen molar-refractivity contribution < 1.29 is 13.2 Å². The number of halogens is 1. The van der Waals surface area contributed by atoms with Crippen LogP contribution in [0.2, 0.25) is 5.02 Å². The number of benzene rings is 1. The van der Waals surface area contributed by atoms with E-state index in [0.29, 0.717) is 23.7 Å². The number of hydrogen-bond donors (Lipinski definition) is 0. The molecule has 1 fully saturated rings. The van der Waals surface area contributed by atoms with E-state index in [2.05, 4.69) is 0 Å². The first-order chi connectivity index (χ1) is 9.30. The van der Waals surface area contributed by atoms with Gasteiger partial charge >= 0.3 is 0 Å². The molecule has 7 heteroatoms. The first-order valence-corrected chi connectivity index (χ1v) is 8.49. The van der Waals surface area contributed by atoms with Crippen molar-refractivity contribution in [2.75, 3.05) is 31.6 Å². The number of carbonyl (C=O) groups excluding carboxylic acids is 1. The summed E-state index contributed by atoms with van der Waals surface area (Å²) in [6, 6.07) is 5.15. The van der Waals surface area contributed by atoms with Gasteiger partial charge in [0.1, 0.15) is 0 Å². The summed E-state index contributed by atoms with van der Waals surface area (Å²) in [6.07, 6.45) is 0. The smallest absolute Gasteiger partial charge is 0.267 e. The van der Waals surface area contributed by atoms with Gasteiger partial charge in [-0.05, 0) is 24.6 Å². The van der Waals surface area contributed by atoms with Crippen LogP contribution in [-0.4, -0.2) is 56.0 Å². The van der Waals surface area contributed by atoms with E-state index in [9.17, 15) is 13.2 Å². The Labute approximate surface area is 124 Å². The summed E-state index contributed by atoms with van der Waals surface area (Å²) in [4.78, 5) is 12.3. The number of amides is 1. The molecule has 1 heterocycles. The first-order valence-electron chi connectivity index (χ1n) is 6.30. The molecule has 1 aliphatic heterocycles. The molecule has 0 unspecified atom stereocenters. The van der Waals surface area contributed by atoms with Gasteiger partial charge in [0.2, 0.25) is 0 Å². The van der Waals surface area contributed by atoms with Crippen LogP contribution >= 0.6 is 11.6 Å². The lowest BCUT2D eigenvalue weighted by Crippen LogP contribution is -2.51. The Morgan fingerprint density at radius 3 is 2.45 bits per heavy atom. The first kappa shape index (κ1) is 15.3. The summed E-state index contributed by atoms with van der Waals surface area (Å²) in [5.41, 5.74) is 1.41. The molecule has 0 saturated carbocycles. The predicted octanol–water partition coefficient (Wildman–Crippen LogP) is 1.37. The van der Waals surface area contributed by atoms with Crippen LogP contribution in [0.1, 0.15) is 15.9 Å². The van der Waals surface area contributed by atoms with Crippen molar-refractivity contribution >= 4 is 27.3 Å². The molecular weight excluding hydrogens is 300 g/mol. The van der Waals surface area contributed by atoms with Crippen molar-refractivity contribution in [1.29, 1.82) is 0 Å². The van der Waals surface area contributed by atoms with Gasteiger partial charge in [0, 0.05) is 30.7 Å². The van der Waals surface area contributed by atoms with Crippen molar-refractivity contribution in [3.8, 4) is 0 Å². The third-order valence-corrected chi connectivity index (χ3v) is 5.47. The largest absolute Gasteiger partial charge is 0.274 e. The molecule has 0 aromatic heterocycles. The van der Waals surface area contributed by atoms with E-state index >= 15 is 0 Å². The maximum Gasteiger partial charge on any atom is 0.267 e.